The zero-order valence-electron chi connectivity index (χ0n) is 9.69. The molecule has 82 valence electrons. The molecule has 0 spiro atoms. The first kappa shape index (κ1) is 9.44. The molecule has 3 atom stereocenters. The van der Waals surface area contributed by atoms with Crippen LogP contribution < -0.4 is 0 Å². The van der Waals surface area contributed by atoms with Gasteiger partial charge in [0, 0.05) is 18.9 Å². The van der Waals surface area contributed by atoms with Crippen LogP contribution in [0.1, 0.15) is 33.1 Å². The average molecular weight is 204 g/mol. The zero-order chi connectivity index (χ0) is 10.5. The molecule has 2 bridgehead atoms. The van der Waals surface area contributed by atoms with Gasteiger partial charge in [0.15, 0.2) is 0 Å². The molecule has 3 fully saturated rings. The fourth-order valence-corrected chi connectivity index (χ4v) is 3.83. The molecule has 3 aliphatic carbocycles. The minimum atomic E-state index is 0.607. The van der Waals surface area contributed by atoms with Gasteiger partial charge in [-0.05, 0) is 48.5 Å². The van der Waals surface area contributed by atoms with Gasteiger partial charge in [0.2, 0.25) is 0 Å². The van der Waals surface area contributed by atoms with Gasteiger partial charge in [-0.1, -0.05) is 13.8 Å². The summed E-state index contributed by atoms with van der Waals surface area (Å²) in [5.41, 5.74) is 0.607. The normalized spacial score (nSPS) is 37.3. The van der Waals surface area contributed by atoms with Crippen LogP contribution in [0.4, 0.5) is 0 Å². The molecule has 0 amide bonds. The van der Waals surface area contributed by atoms with Crippen molar-refractivity contribution in [2.75, 3.05) is 0 Å². The molecule has 0 N–H and O–H groups in total. The van der Waals surface area contributed by atoms with Gasteiger partial charge in [0.25, 0.3) is 0 Å². The number of nitrogens with zero attached hydrogens (tertiary/aromatic N) is 2. The van der Waals surface area contributed by atoms with E-state index in [1.54, 1.807) is 0 Å². The van der Waals surface area contributed by atoms with Crippen LogP contribution in [0.5, 0.6) is 0 Å². The lowest BCUT2D eigenvalue weighted by molar-refractivity contribution is -0.109. The van der Waals surface area contributed by atoms with Gasteiger partial charge in [-0.2, -0.15) is 5.10 Å². The van der Waals surface area contributed by atoms with Crippen LogP contribution in [0.3, 0.4) is 0 Å². The predicted octanol–water partition coefficient (Wildman–Crippen LogP) is 2.96. The largest absolute Gasteiger partial charge is 0.272 e. The van der Waals surface area contributed by atoms with Crippen molar-refractivity contribution in [1.82, 2.24) is 9.78 Å². The Morgan fingerprint density at radius 1 is 1.40 bits per heavy atom. The number of hydrogen-bond donors (Lipinski definition) is 0. The number of fused-ring (bicyclic) bond motifs is 2. The smallest absolute Gasteiger partial charge is 0.0489 e. The van der Waals surface area contributed by atoms with E-state index >= 15 is 0 Å². The Hall–Kier alpha value is -0.790. The molecule has 1 heterocycles. The molecular formula is C13H20N2. The van der Waals surface area contributed by atoms with Crippen LogP contribution in [-0.4, -0.2) is 9.78 Å². The van der Waals surface area contributed by atoms with Crippen molar-refractivity contribution >= 4 is 0 Å². The Labute approximate surface area is 91.7 Å². The highest BCUT2D eigenvalue weighted by atomic mass is 15.3. The monoisotopic (exact) mass is 204 g/mol. The second-order valence-electron chi connectivity index (χ2n) is 5.93. The summed E-state index contributed by atoms with van der Waals surface area (Å²) in [6, 6.07) is 2.03. The van der Waals surface area contributed by atoms with Crippen molar-refractivity contribution in [3.8, 4) is 0 Å². The molecule has 4 rings (SSSR count). The SMILES string of the molecule is CC1(C)[C@@H]2CC[C@@H](Cn3cccn3)[C@H]1C2. The molecular weight excluding hydrogens is 184 g/mol. The van der Waals surface area contributed by atoms with Crippen molar-refractivity contribution in [3.05, 3.63) is 18.5 Å². The molecule has 2 nitrogen and oxygen atoms in total. The molecule has 0 aliphatic heterocycles. The summed E-state index contributed by atoms with van der Waals surface area (Å²) in [5.74, 6) is 2.82. The minimum absolute atomic E-state index is 0.607. The summed E-state index contributed by atoms with van der Waals surface area (Å²) in [5, 5.41) is 4.33. The molecule has 3 aliphatic rings. The van der Waals surface area contributed by atoms with E-state index in [1.807, 2.05) is 12.3 Å². The maximum absolute atomic E-state index is 4.33. The van der Waals surface area contributed by atoms with Gasteiger partial charge in [0.1, 0.15) is 0 Å². The zero-order valence-corrected chi connectivity index (χ0v) is 9.69. The third-order valence-electron chi connectivity index (χ3n) is 4.98. The standard InChI is InChI=1S/C13H20N2/c1-13(2)11-5-4-10(12(13)8-11)9-15-7-3-6-14-15/h3,6-7,10-12H,4-5,8-9H2,1-2H3/t10-,11+,12+/m0/s1. The van der Waals surface area contributed by atoms with Crippen LogP contribution in [0.2, 0.25) is 0 Å². The van der Waals surface area contributed by atoms with Crippen LogP contribution in [0.15, 0.2) is 18.5 Å². The van der Waals surface area contributed by atoms with E-state index in [0.717, 1.165) is 24.3 Å². The van der Waals surface area contributed by atoms with Gasteiger partial charge < -0.3 is 0 Å². The highest BCUT2D eigenvalue weighted by Crippen LogP contribution is 2.61. The molecule has 1 aromatic rings. The average Bonchev–Trinajstić information content (AvgIpc) is 2.70. The molecule has 0 saturated heterocycles. The van der Waals surface area contributed by atoms with E-state index in [4.69, 9.17) is 0 Å². The van der Waals surface area contributed by atoms with Crippen LogP contribution in [0.25, 0.3) is 0 Å². The molecule has 0 unspecified atom stereocenters. The Balaban J connectivity index is 1.72. The summed E-state index contributed by atoms with van der Waals surface area (Å²) >= 11 is 0. The summed E-state index contributed by atoms with van der Waals surface area (Å²) in [6.07, 6.45) is 8.31. The fourth-order valence-electron chi connectivity index (χ4n) is 3.83. The Kier molecular flexibility index (Phi) is 1.95. The van der Waals surface area contributed by atoms with Crippen LogP contribution in [-0.2, 0) is 6.54 Å². The molecule has 0 aromatic carbocycles. The van der Waals surface area contributed by atoms with Crippen molar-refractivity contribution in [1.29, 1.82) is 0 Å². The van der Waals surface area contributed by atoms with E-state index in [1.165, 1.54) is 19.3 Å². The van der Waals surface area contributed by atoms with Crippen molar-refractivity contribution in [2.24, 2.45) is 23.2 Å². The topological polar surface area (TPSA) is 17.8 Å². The second kappa shape index (κ2) is 3.10. The first-order valence-electron chi connectivity index (χ1n) is 6.15. The minimum Gasteiger partial charge on any atom is -0.272 e. The molecule has 15 heavy (non-hydrogen) atoms. The highest BCUT2D eigenvalue weighted by molar-refractivity contribution is 5.03. The van der Waals surface area contributed by atoms with E-state index in [2.05, 4.69) is 29.8 Å². The predicted molar refractivity (Wildman–Crippen MR) is 60.3 cm³/mol. The first-order chi connectivity index (χ1) is 7.18. The second-order valence-corrected chi connectivity index (χ2v) is 5.93. The first-order valence-corrected chi connectivity index (χ1v) is 6.15. The fraction of sp³-hybridized carbons (Fsp3) is 0.769. The van der Waals surface area contributed by atoms with Crippen molar-refractivity contribution in [2.45, 2.75) is 39.7 Å². The lowest BCUT2D eigenvalue weighted by Crippen LogP contribution is -2.53. The van der Waals surface area contributed by atoms with Crippen LogP contribution >= 0.6 is 0 Å². The summed E-state index contributed by atoms with van der Waals surface area (Å²) < 4.78 is 2.11. The Morgan fingerprint density at radius 3 is 2.87 bits per heavy atom. The van der Waals surface area contributed by atoms with Gasteiger partial charge >= 0.3 is 0 Å². The van der Waals surface area contributed by atoms with E-state index in [9.17, 15) is 0 Å². The van der Waals surface area contributed by atoms with Gasteiger partial charge in [0.05, 0.1) is 0 Å². The number of rotatable bonds is 2. The number of hydrogen-bond acceptors (Lipinski definition) is 1. The van der Waals surface area contributed by atoms with Crippen molar-refractivity contribution < 1.29 is 0 Å². The molecule has 0 radical (unpaired) electrons. The maximum Gasteiger partial charge on any atom is 0.0489 e. The quantitative estimate of drug-likeness (QED) is 0.724. The summed E-state index contributed by atoms with van der Waals surface area (Å²) in [7, 11) is 0. The Bertz CT molecular complexity index is 337. The van der Waals surface area contributed by atoms with Gasteiger partial charge in [-0.3, -0.25) is 4.68 Å². The summed E-state index contributed by atoms with van der Waals surface area (Å²) in [4.78, 5) is 0. The third kappa shape index (κ3) is 1.34. The van der Waals surface area contributed by atoms with E-state index in [0.29, 0.717) is 5.41 Å². The third-order valence-corrected chi connectivity index (χ3v) is 4.98. The van der Waals surface area contributed by atoms with Crippen molar-refractivity contribution in [3.63, 3.8) is 0 Å². The molecule has 1 aromatic heterocycles. The molecule has 2 heteroatoms. The van der Waals surface area contributed by atoms with Gasteiger partial charge in [-0.15, -0.1) is 0 Å². The van der Waals surface area contributed by atoms with E-state index in [-0.39, 0.29) is 0 Å². The lowest BCUT2D eigenvalue weighted by atomic mass is 9.45. The van der Waals surface area contributed by atoms with E-state index < -0.39 is 0 Å². The lowest BCUT2D eigenvalue weighted by Gasteiger charge is -2.60. The van der Waals surface area contributed by atoms with Gasteiger partial charge in [-0.25, -0.2) is 0 Å². The number of aromatic nitrogens is 2. The highest BCUT2D eigenvalue weighted by Gasteiger charge is 2.53. The maximum atomic E-state index is 4.33. The molecule has 3 saturated carbocycles. The van der Waals surface area contributed by atoms with Crippen LogP contribution in [0, 0.1) is 23.2 Å². The Morgan fingerprint density at radius 2 is 2.27 bits per heavy atom. The summed E-state index contributed by atoms with van der Waals surface area (Å²) in [6.45, 7) is 6.05.